The summed E-state index contributed by atoms with van der Waals surface area (Å²) in [6, 6.07) is 9.48. The van der Waals surface area contributed by atoms with Crippen molar-refractivity contribution in [3.05, 3.63) is 51.6 Å². The van der Waals surface area contributed by atoms with E-state index in [1.165, 1.54) is 6.21 Å². The fourth-order valence-corrected chi connectivity index (χ4v) is 2.59. The van der Waals surface area contributed by atoms with E-state index in [0.717, 1.165) is 22.4 Å². The van der Waals surface area contributed by atoms with Crippen molar-refractivity contribution in [2.24, 2.45) is 5.10 Å². The van der Waals surface area contributed by atoms with E-state index < -0.39 is 0 Å². The van der Waals surface area contributed by atoms with Gasteiger partial charge in [0, 0.05) is 10.9 Å². The number of carbonyl (C=O) groups excluding carboxylic acids is 1. The summed E-state index contributed by atoms with van der Waals surface area (Å²) < 4.78 is 3.71. The number of aromatic nitrogens is 3. The summed E-state index contributed by atoms with van der Waals surface area (Å²) >= 11 is 7.13. The van der Waals surface area contributed by atoms with Crippen LogP contribution in [0.1, 0.15) is 20.9 Å². The van der Waals surface area contributed by atoms with Gasteiger partial charge in [0.25, 0.3) is 5.91 Å². The number of carbonyl (C=O) groups is 1. The van der Waals surface area contributed by atoms with Crippen molar-refractivity contribution < 1.29 is 4.79 Å². The minimum absolute atomic E-state index is 0.326. The van der Waals surface area contributed by atoms with Crippen LogP contribution in [0.2, 0.25) is 5.15 Å². The Morgan fingerprint density at radius 2 is 2.23 bits per heavy atom. The Hall–Kier alpha value is -2.38. The zero-order chi connectivity index (χ0) is 15.5. The Bertz CT molecular complexity index is 877. The fourth-order valence-electron chi connectivity index (χ4n) is 1.85. The van der Waals surface area contributed by atoms with Gasteiger partial charge < -0.3 is 0 Å². The molecule has 1 amide bonds. The lowest BCUT2D eigenvalue weighted by Gasteiger charge is -2.01. The molecular formula is C14H10ClN5OS. The van der Waals surface area contributed by atoms with Crippen molar-refractivity contribution in [3.63, 3.8) is 0 Å². The molecule has 2 aromatic heterocycles. The largest absolute Gasteiger partial charge is 0.285 e. The number of nitrogens with zero attached hydrogens (tertiary/aromatic N) is 4. The van der Waals surface area contributed by atoms with Crippen LogP contribution in [0.3, 0.4) is 0 Å². The molecular weight excluding hydrogens is 322 g/mol. The number of halogens is 1. The first-order valence-corrected chi connectivity index (χ1v) is 7.48. The minimum atomic E-state index is -0.353. The van der Waals surface area contributed by atoms with Crippen LogP contribution in [-0.2, 0) is 0 Å². The summed E-state index contributed by atoms with van der Waals surface area (Å²) in [5.41, 5.74) is 4.43. The first-order chi connectivity index (χ1) is 10.6. The highest BCUT2D eigenvalue weighted by Gasteiger charge is 2.12. The lowest BCUT2D eigenvalue weighted by atomic mass is 10.2. The number of aryl methyl sites for hydroxylation is 1. The molecule has 3 rings (SSSR count). The van der Waals surface area contributed by atoms with Gasteiger partial charge in [0.1, 0.15) is 10.0 Å². The molecule has 0 bridgehead atoms. The van der Waals surface area contributed by atoms with Crippen LogP contribution in [0.25, 0.3) is 10.9 Å². The molecule has 2 heterocycles. The van der Waals surface area contributed by atoms with Crippen LogP contribution < -0.4 is 5.43 Å². The number of fused-ring (bicyclic) bond motifs is 1. The third-order valence-electron chi connectivity index (χ3n) is 2.93. The van der Waals surface area contributed by atoms with Gasteiger partial charge in [0.05, 0.1) is 17.4 Å². The number of benzene rings is 1. The predicted molar refractivity (Wildman–Crippen MR) is 86.5 cm³/mol. The van der Waals surface area contributed by atoms with Crippen molar-refractivity contribution >= 4 is 46.2 Å². The number of rotatable bonds is 3. The number of hydrogen-bond acceptors (Lipinski definition) is 6. The van der Waals surface area contributed by atoms with Crippen LogP contribution in [0.15, 0.2) is 35.4 Å². The SMILES string of the molecule is Cc1nnsc1C(=O)N/N=C\c1cc2ccccc2nc1Cl. The average Bonchev–Trinajstić information content (AvgIpc) is 2.94. The topological polar surface area (TPSA) is 80.1 Å². The molecule has 0 aliphatic heterocycles. The van der Waals surface area contributed by atoms with Crippen molar-refractivity contribution in [1.29, 1.82) is 0 Å². The number of para-hydroxylation sites is 1. The zero-order valence-corrected chi connectivity index (χ0v) is 13.0. The number of hydrazone groups is 1. The Morgan fingerprint density at radius 3 is 3.00 bits per heavy atom. The van der Waals surface area contributed by atoms with Gasteiger partial charge in [-0.3, -0.25) is 4.79 Å². The first-order valence-electron chi connectivity index (χ1n) is 6.33. The third-order valence-corrected chi connectivity index (χ3v) is 4.06. The standard InChI is InChI=1S/C14H10ClN5OS/c1-8-12(22-20-18-8)14(21)19-16-7-10-6-9-4-2-3-5-11(9)17-13(10)15/h2-7H,1H3,(H,19,21)/b16-7-. The lowest BCUT2D eigenvalue weighted by molar-refractivity contribution is 0.0958. The van der Waals surface area contributed by atoms with Crippen molar-refractivity contribution in [2.45, 2.75) is 6.92 Å². The maximum absolute atomic E-state index is 11.9. The minimum Gasteiger partial charge on any atom is -0.266 e. The molecule has 0 unspecified atom stereocenters. The molecule has 0 aliphatic rings. The van der Waals surface area contributed by atoms with Crippen LogP contribution in [0.4, 0.5) is 0 Å². The number of pyridine rings is 1. The van der Waals surface area contributed by atoms with Gasteiger partial charge in [-0.2, -0.15) is 5.10 Å². The van der Waals surface area contributed by atoms with Gasteiger partial charge in [0.15, 0.2) is 0 Å². The fraction of sp³-hybridized carbons (Fsp3) is 0.0714. The summed E-state index contributed by atoms with van der Waals surface area (Å²) in [6.07, 6.45) is 1.46. The highest BCUT2D eigenvalue weighted by molar-refractivity contribution is 7.07. The number of hydrogen-bond donors (Lipinski definition) is 1. The molecule has 1 aromatic carbocycles. The molecule has 0 radical (unpaired) electrons. The highest BCUT2D eigenvalue weighted by Crippen LogP contribution is 2.18. The van der Waals surface area contributed by atoms with Gasteiger partial charge in [-0.15, -0.1) is 5.10 Å². The van der Waals surface area contributed by atoms with Gasteiger partial charge >= 0.3 is 0 Å². The number of nitrogens with one attached hydrogen (secondary N) is 1. The van der Waals surface area contributed by atoms with Gasteiger partial charge in [0.2, 0.25) is 0 Å². The smallest absolute Gasteiger partial charge is 0.266 e. The molecule has 8 heteroatoms. The monoisotopic (exact) mass is 331 g/mol. The van der Waals surface area contributed by atoms with E-state index in [1.807, 2.05) is 30.3 Å². The Morgan fingerprint density at radius 1 is 1.41 bits per heavy atom. The Kier molecular flexibility index (Phi) is 4.08. The average molecular weight is 332 g/mol. The maximum Gasteiger partial charge on any atom is 0.285 e. The van der Waals surface area contributed by atoms with Crippen molar-refractivity contribution in [1.82, 2.24) is 20.0 Å². The van der Waals surface area contributed by atoms with Crippen LogP contribution in [0.5, 0.6) is 0 Å². The van der Waals surface area contributed by atoms with Crippen LogP contribution >= 0.6 is 23.1 Å². The van der Waals surface area contributed by atoms with E-state index in [9.17, 15) is 4.79 Å². The van der Waals surface area contributed by atoms with Crippen LogP contribution in [0, 0.1) is 6.92 Å². The van der Waals surface area contributed by atoms with E-state index in [0.29, 0.717) is 21.3 Å². The molecule has 0 saturated carbocycles. The summed E-state index contributed by atoms with van der Waals surface area (Å²) in [5.74, 6) is -0.353. The van der Waals surface area contributed by atoms with E-state index >= 15 is 0 Å². The normalized spacial score (nSPS) is 11.2. The molecule has 0 fully saturated rings. The van der Waals surface area contributed by atoms with Crippen molar-refractivity contribution in [2.75, 3.05) is 0 Å². The molecule has 0 saturated heterocycles. The van der Waals surface area contributed by atoms with E-state index in [1.54, 1.807) is 6.92 Å². The van der Waals surface area contributed by atoms with Gasteiger partial charge in [-0.1, -0.05) is 34.3 Å². The maximum atomic E-state index is 11.9. The van der Waals surface area contributed by atoms with E-state index in [2.05, 4.69) is 25.1 Å². The molecule has 6 nitrogen and oxygen atoms in total. The molecule has 3 aromatic rings. The molecule has 0 atom stereocenters. The second-order valence-corrected chi connectivity index (χ2v) is 5.56. The van der Waals surface area contributed by atoms with E-state index in [4.69, 9.17) is 11.6 Å². The summed E-state index contributed by atoms with van der Waals surface area (Å²) in [7, 11) is 0. The quantitative estimate of drug-likeness (QED) is 0.454. The lowest BCUT2D eigenvalue weighted by Crippen LogP contribution is -2.17. The van der Waals surface area contributed by atoms with Crippen molar-refractivity contribution in [3.8, 4) is 0 Å². The number of amides is 1. The Balaban J connectivity index is 1.79. The van der Waals surface area contributed by atoms with Gasteiger partial charge in [-0.25, -0.2) is 10.4 Å². The zero-order valence-electron chi connectivity index (χ0n) is 11.4. The predicted octanol–water partition coefficient (Wildman–Crippen LogP) is 2.81. The molecule has 110 valence electrons. The summed E-state index contributed by atoms with van der Waals surface area (Å²) in [4.78, 5) is 16.6. The molecule has 0 spiro atoms. The summed E-state index contributed by atoms with van der Waals surface area (Å²) in [6.45, 7) is 1.71. The first kappa shape index (κ1) is 14.6. The highest BCUT2D eigenvalue weighted by atomic mass is 35.5. The molecule has 22 heavy (non-hydrogen) atoms. The third kappa shape index (κ3) is 2.95. The molecule has 1 N–H and O–H groups in total. The summed E-state index contributed by atoms with van der Waals surface area (Å²) in [5, 5.41) is 8.96. The Labute approximate surface area is 135 Å². The van der Waals surface area contributed by atoms with Gasteiger partial charge in [-0.05, 0) is 30.6 Å². The van der Waals surface area contributed by atoms with E-state index in [-0.39, 0.29) is 5.91 Å². The second-order valence-electron chi connectivity index (χ2n) is 4.45. The second kappa shape index (κ2) is 6.17. The van der Waals surface area contributed by atoms with Crippen LogP contribution in [-0.4, -0.2) is 26.7 Å². The molecule has 0 aliphatic carbocycles.